The van der Waals surface area contributed by atoms with Crippen LogP contribution in [0.25, 0.3) is 0 Å². The first-order valence-corrected chi connectivity index (χ1v) is 2.38. The van der Waals surface area contributed by atoms with Gasteiger partial charge in [-0.2, -0.15) is 0 Å². The van der Waals surface area contributed by atoms with Crippen LogP contribution in [0.1, 0.15) is 13.3 Å². The van der Waals surface area contributed by atoms with Gasteiger partial charge in [0.05, 0.1) is 0 Å². The standard InChI is InChI=1S/C3H6ClP/c1-2-3(4)5/h5H,2H2,1H3. The SMILES string of the molecule is CCC(=P)Cl. The molecule has 0 heterocycles. The van der Waals surface area contributed by atoms with Crippen molar-refractivity contribution in [3.8, 4) is 0 Å². The summed E-state index contributed by atoms with van der Waals surface area (Å²) in [5.41, 5.74) is 0. The van der Waals surface area contributed by atoms with Gasteiger partial charge in [-0.1, -0.05) is 18.5 Å². The van der Waals surface area contributed by atoms with Crippen LogP contribution >= 0.6 is 20.5 Å². The number of rotatable bonds is 1. The van der Waals surface area contributed by atoms with Gasteiger partial charge in [-0.15, -0.1) is 8.86 Å². The zero-order valence-corrected chi connectivity index (χ0v) is 4.84. The molecular weight excluding hydrogens is 102 g/mol. The van der Waals surface area contributed by atoms with Gasteiger partial charge >= 0.3 is 0 Å². The monoisotopic (exact) mass is 108 g/mol. The molecule has 30 valence electrons. The van der Waals surface area contributed by atoms with Gasteiger partial charge in [0.2, 0.25) is 0 Å². The highest BCUT2D eigenvalue weighted by atomic mass is 35.5. The number of halogens is 1. The first-order chi connectivity index (χ1) is 2.27. The van der Waals surface area contributed by atoms with Crippen molar-refractivity contribution >= 4 is 25.2 Å². The fourth-order valence-corrected chi connectivity index (χ4v) is 0. The Morgan fingerprint density at radius 1 is 2.00 bits per heavy atom. The number of hydrogen-bond donors (Lipinski definition) is 0. The molecule has 0 aromatic carbocycles. The summed E-state index contributed by atoms with van der Waals surface area (Å²) in [6.07, 6.45) is 0.901. The van der Waals surface area contributed by atoms with Crippen LogP contribution in [0.15, 0.2) is 0 Å². The second-order valence-electron chi connectivity index (χ2n) is 0.758. The summed E-state index contributed by atoms with van der Waals surface area (Å²) >= 11 is 5.29. The Labute approximate surface area is 39.4 Å². The van der Waals surface area contributed by atoms with Gasteiger partial charge in [0.15, 0.2) is 0 Å². The summed E-state index contributed by atoms with van der Waals surface area (Å²) in [5.74, 6) is 0. The molecular formula is C3H6ClP. The van der Waals surface area contributed by atoms with Crippen molar-refractivity contribution in [2.24, 2.45) is 0 Å². The van der Waals surface area contributed by atoms with Crippen molar-refractivity contribution in [3.05, 3.63) is 0 Å². The Morgan fingerprint density at radius 3 is 2.20 bits per heavy atom. The maximum absolute atomic E-state index is 5.29. The van der Waals surface area contributed by atoms with Gasteiger partial charge in [-0.05, 0) is 6.42 Å². The Balaban J connectivity index is 2.85. The minimum atomic E-state index is 0.782. The van der Waals surface area contributed by atoms with Crippen LogP contribution in [0.5, 0.6) is 0 Å². The molecule has 0 N–H and O–H groups in total. The lowest BCUT2D eigenvalue weighted by atomic mass is 10.6. The first kappa shape index (κ1) is 5.46. The van der Waals surface area contributed by atoms with Crippen LogP contribution in [-0.2, 0) is 0 Å². The van der Waals surface area contributed by atoms with E-state index in [1.54, 1.807) is 0 Å². The second-order valence-corrected chi connectivity index (χ2v) is 2.14. The normalized spacial score (nSPS) is 7.60. The summed E-state index contributed by atoms with van der Waals surface area (Å²) in [6.45, 7) is 1.98. The average Bonchev–Trinajstić information content (AvgIpc) is 1.38. The van der Waals surface area contributed by atoms with Crippen molar-refractivity contribution in [3.63, 3.8) is 0 Å². The van der Waals surface area contributed by atoms with Gasteiger partial charge in [0, 0.05) is 4.75 Å². The van der Waals surface area contributed by atoms with Crippen LogP contribution < -0.4 is 0 Å². The highest BCUT2D eigenvalue weighted by Crippen LogP contribution is 1.89. The van der Waals surface area contributed by atoms with E-state index in [0.717, 1.165) is 11.2 Å². The lowest BCUT2D eigenvalue weighted by Crippen LogP contribution is -1.68. The topological polar surface area (TPSA) is 0 Å². The van der Waals surface area contributed by atoms with Crippen molar-refractivity contribution in [2.75, 3.05) is 0 Å². The predicted octanol–water partition coefficient (Wildman–Crippen LogP) is 1.91. The Morgan fingerprint density at radius 2 is 2.20 bits per heavy atom. The smallest absolute Gasteiger partial charge is 0.0374 e. The highest BCUT2D eigenvalue weighted by molar-refractivity contribution is 7.29. The molecule has 0 atom stereocenters. The van der Waals surface area contributed by atoms with E-state index in [1.165, 1.54) is 0 Å². The van der Waals surface area contributed by atoms with Gasteiger partial charge in [0.1, 0.15) is 0 Å². The van der Waals surface area contributed by atoms with E-state index in [0.29, 0.717) is 0 Å². The molecule has 0 spiro atoms. The van der Waals surface area contributed by atoms with E-state index < -0.39 is 0 Å². The quantitative estimate of drug-likeness (QED) is 0.450. The first-order valence-electron chi connectivity index (χ1n) is 1.50. The molecule has 0 aromatic heterocycles. The third kappa shape index (κ3) is 4.46. The summed E-state index contributed by atoms with van der Waals surface area (Å²) < 4.78 is 0.782. The van der Waals surface area contributed by atoms with Crippen molar-refractivity contribution in [1.82, 2.24) is 0 Å². The highest BCUT2D eigenvalue weighted by Gasteiger charge is 1.72. The summed E-state index contributed by atoms with van der Waals surface area (Å²) in [4.78, 5) is 0. The van der Waals surface area contributed by atoms with E-state index in [9.17, 15) is 0 Å². The fraction of sp³-hybridized carbons (Fsp3) is 0.667. The molecule has 0 aliphatic rings. The third-order valence-corrected chi connectivity index (χ3v) is 0.931. The largest absolute Gasteiger partial charge is 0.106 e. The van der Waals surface area contributed by atoms with Crippen LogP contribution in [0.4, 0.5) is 0 Å². The molecule has 0 amide bonds. The van der Waals surface area contributed by atoms with Crippen molar-refractivity contribution in [1.29, 1.82) is 0 Å². The van der Waals surface area contributed by atoms with Crippen LogP contribution in [0.2, 0.25) is 0 Å². The van der Waals surface area contributed by atoms with Crippen molar-refractivity contribution < 1.29 is 0 Å². The molecule has 0 aromatic rings. The molecule has 0 bridgehead atoms. The molecule has 0 rings (SSSR count). The molecule has 0 aliphatic carbocycles. The van der Waals surface area contributed by atoms with Crippen LogP contribution in [-0.4, -0.2) is 4.75 Å². The van der Waals surface area contributed by atoms with Crippen LogP contribution in [0, 0.1) is 0 Å². The van der Waals surface area contributed by atoms with E-state index in [4.69, 9.17) is 11.6 Å². The Hall–Kier alpha value is 0.460. The third-order valence-electron chi connectivity index (χ3n) is 0.310. The molecule has 0 saturated heterocycles. The predicted molar refractivity (Wildman–Crippen MR) is 29.5 cm³/mol. The van der Waals surface area contributed by atoms with E-state index in [-0.39, 0.29) is 0 Å². The zero-order valence-electron chi connectivity index (χ0n) is 3.09. The summed E-state index contributed by atoms with van der Waals surface area (Å²) in [5, 5.41) is 0. The summed E-state index contributed by atoms with van der Waals surface area (Å²) in [6, 6.07) is 0. The van der Waals surface area contributed by atoms with Crippen LogP contribution in [0.3, 0.4) is 0 Å². The Bertz CT molecular complexity index is 42.2. The van der Waals surface area contributed by atoms with Gasteiger partial charge < -0.3 is 0 Å². The molecule has 5 heavy (non-hydrogen) atoms. The lowest BCUT2D eigenvalue weighted by Gasteiger charge is -1.75. The molecule has 0 radical (unpaired) electrons. The summed E-state index contributed by atoms with van der Waals surface area (Å²) in [7, 11) is 3.10. The van der Waals surface area contributed by atoms with E-state index >= 15 is 0 Å². The van der Waals surface area contributed by atoms with Gasteiger partial charge in [-0.25, -0.2) is 0 Å². The minimum Gasteiger partial charge on any atom is -0.106 e. The second kappa shape index (κ2) is 2.68. The van der Waals surface area contributed by atoms with Gasteiger partial charge in [-0.3, -0.25) is 0 Å². The molecule has 0 aliphatic heterocycles. The lowest BCUT2D eigenvalue weighted by molar-refractivity contribution is 1.34. The Kier molecular flexibility index (Phi) is 2.93. The number of hydrogen-bond acceptors (Lipinski definition) is 0. The minimum absolute atomic E-state index is 0.782. The van der Waals surface area contributed by atoms with E-state index in [1.807, 2.05) is 6.92 Å². The maximum atomic E-state index is 5.29. The molecule has 0 saturated carbocycles. The molecule has 0 unspecified atom stereocenters. The van der Waals surface area contributed by atoms with E-state index in [2.05, 4.69) is 8.86 Å². The zero-order chi connectivity index (χ0) is 4.28. The maximum Gasteiger partial charge on any atom is 0.0374 e. The van der Waals surface area contributed by atoms with Crippen molar-refractivity contribution in [2.45, 2.75) is 13.3 Å². The fourth-order valence-electron chi connectivity index (χ4n) is 0. The molecule has 2 heteroatoms. The van der Waals surface area contributed by atoms with Gasteiger partial charge in [0.25, 0.3) is 0 Å². The molecule has 0 fully saturated rings. The molecule has 0 nitrogen and oxygen atoms in total. The average molecular weight is 109 g/mol.